The van der Waals surface area contributed by atoms with Gasteiger partial charge in [-0.15, -0.1) is 13.2 Å². The molecule has 0 aromatic heterocycles. The molecule has 5 nitrogen and oxygen atoms in total. The van der Waals surface area contributed by atoms with E-state index in [4.69, 9.17) is 5.11 Å². The average Bonchev–Trinajstić information content (AvgIpc) is 3.41. The first kappa shape index (κ1) is 19.7. The highest BCUT2D eigenvalue weighted by molar-refractivity contribution is 5.87. The van der Waals surface area contributed by atoms with Crippen LogP contribution in [0.3, 0.4) is 0 Å². The first-order chi connectivity index (χ1) is 13.2. The highest BCUT2D eigenvalue weighted by Crippen LogP contribution is 2.51. The topological polar surface area (TPSA) is 66.8 Å². The number of carbonyl (C=O) groups excluding carboxylic acids is 1. The van der Waals surface area contributed by atoms with Crippen LogP contribution in [-0.4, -0.2) is 35.3 Å². The zero-order chi connectivity index (χ0) is 20.5. The van der Waals surface area contributed by atoms with Crippen molar-refractivity contribution in [3.8, 4) is 5.75 Å². The minimum absolute atomic E-state index is 0.154. The van der Waals surface area contributed by atoms with E-state index in [1.807, 2.05) is 0 Å². The van der Waals surface area contributed by atoms with Crippen molar-refractivity contribution in [3.05, 3.63) is 65.2 Å². The third kappa shape index (κ3) is 4.62. The van der Waals surface area contributed by atoms with Gasteiger partial charge in [0.25, 0.3) is 0 Å². The molecule has 0 saturated heterocycles. The van der Waals surface area contributed by atoms with Gasteiger partial charge in [0.15, 0.2) is 0 Å². The Kier molecular flexibility index (Phi) is 5.31. The van der Waals surface area contributed by atoms with Crippen molar-refractivity contribution < 1.29 is 32.6 Å². The van der Waals surface area contributed by atoms with Crippen molar-refractivity contribution in [3.63, 3.8) is 0 Å². The van der Waals surface area contributed by atoms with Crippen LogP contribution in [0.5, 0.6) is 5.75 Å². The van der Waals surface area contributed by atoms with Crippen LogP contribution < -0.4 is 4.74 Å². The molecule has 2 unspecified atom stereocenters. The summed E-state index contributed by atoms with van der Waals surface area (Å²) in [6.07, 6.45) is -4.33. The number of aromatic carboxylic acids is 1. The number of nitrogens with zero attached hydrogens (tertiary/aromatic N) is 1. The van der Waals surface area contributed by atoms with Gasteiger partial charge in [0.05, 0.1) is 5.56 Å². The lowest BCUT2D eigenvalue weighted by Crippen LogP contribution is -2.28. The summed E-state index contributed by atoms with van der Waals surface area (Å²) in [6.45, 7) is 0.280. The van der Waals surface area contributed by atoms with Crippen molar-refractivity contribution >= 4 is 11.9 Å². The maximum atomic E-state index is 12.6. The van der Waals surface area contributed by atoms with E-state index >= 15 is 0 Å². The minimum atomic E-state index is -4.79. The van der Waals surface area contributed by atoms with Crippen molar-refractivity contribution in [2.24, 2.45) is 5.92 Å². The second-order valence-corrected chi connectivity index (χ2v) is 6.73. The van der Waals surface area contributed by atoms with Crippen LogP contribution in [0, 0.1) is 5.92 Å². The van der Waals surface area contributed by atoms with Crippen molar-refractivity contribution in [2.45, 2.75) is 25.2 Å². The summed E-state index contributed by atoms with van der Waals surface area (Å²) in [5.41, 5.74) is 1.29. The van der Waals surface area contributed by atoms with Gasteiger partial charge in [-0.25, -0.2) is 4.79 Å². The van der Waals surface area contributed by atoms with Crippen LogP contribution in [0.15, 0.2) is 48.5 Å². The summed E-state index contributed by atoms with van der Waals surface area (Å²) in [5, 5.41) is 8.91. The molecule has 2 aromatic carbocycles. The summed E-state index contributed by atoms with van der Waals surface area (Å²) < 4.78 is 41.8. The molecule has 1 amide bonds. The molecule has 28 heavy (non-hydrogen) atoms. The number of carbonyl (C=O) groups is 2. The van der Waals surface area contributed by atoms with Gasteiger partial charge in [0.1, 0.15) is 5.75 Å². The predicted octanol–water partition coefficient (Wildman–Crippen LogP) is 4.05. The summed E-state index contributed by atoms with van der Waals surface area (Å²) in [5.74, 6) is -2.20. The van der Waals surface area contributed by atoms with Gasteiger partial charge in [0.2, 0.25) is 5.91 Å². The van der Waals surface area contributed by atoms with E-state index in [9.17, 15) is 22.8 Å². The molecule has 1 fully saturated rings. The van der Waals surface area contributed by atoms with Crippen LogP contribution in [0.1, 0.15) is 33.8 Å². The molecule has 1 aliphatic carbocycles. The standard InChI is InChI=1S/C20H18F3NO4/c1-24(11-12-6-8-13(9-7-12)19(26)27)18(25)16-10-15(16)14-4-2-3-5-17(14)28-20(21,22)23/h2-9,15-16H,10-11H2,1H3,(H,26,27). The van der Waals surface area contributed by atoms with Crippen LogP contribution in [0.2, 0.25) is 0 Å². The zero-order valence-electron chi connectivity index (χ0n) is 14.9. The van der Waals surface area contributed by atoms with Crippen LogP contribution in [0.4, 0.5) is 13.2 Å². The summed E-state index contributed by atoms with van der Waals surface area (Å²) in [4.78, 5) is 25.0. The Balaban J connectivity index is 1.65. The molecular formula is C20H18F3NO4. The molecular weight excluding hydrogens is 375 g/mol. The quantitative estimate of drug-likeness (QED) is 0.804. The molecule has 1 N–H and O–H groups in total. The molecule has 2 aromatic rings. The number of ether oxygens (including phenoxy) is 1. The van der Waals surface area contributed by atoms with Crippen molar-refractivity contribution in [1.82, 2.24) is 4.90 Å². The summed E-state index contributed by atoms with van der Waals surface area (Å²) in [6, 6.07) is 12.0. The van der Waals surface area contributed by atoms with Gasteiger partial charge in [-0.05, 0) is 41.7 Å². The van der Waals surface area contributed by atoms with Crippen LogP contribution >= 0.6 is 0 Å². The predicted molar refractivity (Wildman–Crippen MR) is 93.8 cm³/mol. The number of benzene rings is 2. The Hall–Kier alpha value is -3.03. The largest absolute Gasteiger partial charge is 0.573 e. The summed E-state index contributed by atoms with van der Waals surface area (Å²) >= 11 is 0. The van der Waals surface area contributed by atoms with E-state index in [0.29, 0.717) is 12.0 Å². The third-order valence-corrected chi connectivity index (χ3v) is 4.65. The normalized spacial score (nSPS) is 18.4. The molecule has 148 valence electrons. The van der Waals surface area contributed by atoms with Gasteiger partial charge < -0.3 is 14.7 Å². The van der Waals surface area contributed by atoms with E-state index in [1.165, 1.54) is 29.2 Å². The molecule has 0 radical (unpaired) electrons. The van der Waals surface area contributed by atoms with Gasteiger partial charge in [0, 0.05) is 19.5 Å². The molecule has 1 aliphatic rings. The van der Waals surface area contributed by atoms with E-state index in [0.717, 1.165) is 5.56 Å². The third-order valence-electron chi connectivity index (χ3n) is 4.65. The molecule has 2 atom stereocenters. The van der Waals surface area contributed by atoms with Gasteiger partial charge in [-0.1, -0.05) is 30.3 Å². The maximum absolute atomic E-state index is 12.6. The number of alkyl halides is 3. The lowest BCUT2D eigenvalue weighted by molar-refractivity contribution is -0.274. The number of carboxylic acid groups (broad SMARTS) is 1. The number of carboxylic acids is 1. The Bertz CT molecular complexity index is 880. The monoisotopic (exact) mass is 393 g/mol. The Morgan fingerprint density at radius 1 is 1.14 bits per heavy atom. The smallest absolute Gasteiger partial charge is 0.478 e. The first-order valence-electron chi connectivity index (χ1n) is 8.57. The number of hydrogen-bond donors (Lipinski definition) is 1. The number of hydrogen-bond acceptors (Lipinski definition) is 3. The lowest BCUT2D eigenvalue weighted by Gasteiger charge is -2.18. The maximum Gasteiger partial charge on any atom is 0.573 e. The first-order valence-corrected chi connectivity index (χ1v) is 8.57. The lowest BCUT2D eigenvalue weighted by atomic mass is 10.1. The molecule has 0 heterocycles. The number of halogens is 3. The molecule has 1 saturated carbocycles. The second kappa shape index (κ2) is 7.53. The highest BCUT2D eigenvalue weighted by Gasteiger charge is 2.47. The Morgan fingerprint density at radius 2 is 1.79 bits per heavy atom. The summed E-state index contributed by atoms with van der Waals surface area (Å²) in [7, 11) is 1.61. The fraction of sp³-hybridized carbons (Fsp3) is 0.300. The van der Waals surface area contributed by atoms with E-state index < -0.39 is 18.2 Å². The Labute approximate surface area is 159 Å². The number of amides is 1. The Morgan fingerprint density at radius 3 is 2.39 bits per heavy atom. The molecule has 8 heteroatoms. The van der Waals surface area contributed by atoms with Gasteiger partial charge in [-0.2, -0.15) is 0 Å². The molecule has 3 rings (SSSR count). The molecule has 0 aliphatic heterocycles. The minimum Gasteiger partial charge on any atom is -0.478 e. The zero-order valence-corrected chi connectivity index (χ0v) is 14.9. The van der Waals surface area contributed by atoms with E-state index in [-0.39, 0.29) is 29.7 Å². The van der Waals surface area contributed by atoms with Crippen molar-refractivity contribution in [1.29, 1.82) is 0 Å². The SMILES string of the molecule is CN(Cc1ccc(C(=O)O)cc1)C(=O)C1CC1c1ccccc1OC(F)(F)F. The fourth-order valence-corrected chi connectivity index (χ4v) is 3.20. The van der Waals surface area contributed by atoms with E-state index in [1.54, 1.807) is 31.3 Å². The fourth-order valence-electron chi connectivity index (χ4n) is 3.20. The van der Waals surface area contributed by atoms with Gasteiger partial charge >= 0.3 is 12.3 Å². The van der Waals surface area contributed by atoms with Crippen LogP contribution in [-0.2, 0) is 11.3 Å². The number of rotatable bonds is 6. The van der Waals surface area contributed by atoms with Gasteiger partial charge in [-0.3, -0.25) is 4.79 Å². The highest BCUT2D eigenvalue weighted by atomic mass is 19.4. The van der Waals surface area contributed by atoms with E-state index in [2.05, 4.69) is 4.74 Å². The molecule has 0 spiro atoms. The van der Waals surface area contributed by atoms with Crippen molar-refractivity contribution in [2.75, 3.05) is 7.05 Å². The van der Waals surface area contributed by atoms with Crippen LogP contribution in [0.25, 0.3) is 0 Å². The average molecular weight is 393 g/mol. The molecule has 0 bridgehead atoms. The second-order valence-electron chi connectivity index (χ2n) is 6.73. The number of para-hydroxylation sites is 1.